The zero-order valence-electron chi connectivity index (χ0n) is 9.29. The van der Waals surface area contributed by atoms with Crippen LogP contribution in [-0.2, 0) is 4.74 Å². The van der Waals surface area contributed by atoms with Crippen LogP contribution in [0.3, 0.4) is 0 Å². The maximum atomic E-state index is 11.9. The third-order valence-corrected chi connectivity index (χ3v) is 2.58. The second-order valence-corrected chi connectivity index (χ2v) is 3.81. The van der Waals surface area contributed by atoms with Crippen LogP contribution in [-0.4, -0.2) is 16.6 Å². The first kappa shape index (κ1) is 11.7. The molecule has 0 radical (unpaired) electrons. The third kappa shape index (κ3) is 2.17. The van der Waals surface area contributed by atoms with Crippen molar-refractivity contribution in [1.29, 1.82) is 0 Å². The van der Waals surface area contributed by atoms with Gasteiger partial charge in [0.05, 0.1) is 22.5 Å². The first-order valence-corrected chi connectivity index (χ1v) is 5.52. The molecule has 0 aliphatic rings. The van der Waals surface area contributed by atoms with Crippen LogP contribution in [0, 0.1) is 0 Å². The number of aromatic nitrogens is 2. The molecular formula is C12H11ClN2O2. The Morgan fingerprint density at radius 1 is 1.59 bits per heavy atom. The van der Waals surface area contributed by atoms with Gasteiger partial charge in [0, 0.05) is 0 Å². The first-order valence-electron chi connectivity index (χ1n) is 5.14. The molecule has 0 fully saturated rings. The van der Waals surface area contributed by atoms with Crippen molar-refractivity contribution >= 4 is 28.3 Å². The summed E-state index contributed by atoms with van der Waals surface area (Å²) in [6, 6.07) is 5.11. The molecule has 0 spiro atoms. The van der Waals surface area contributed by atoms with Gasteiger partial charge in [-0.25, -0.2) is 4.98 Å². The predicted octanol–water partition coefficient (Wildman–Crippen LogP) is 2.58. The van der Waals surface area contributed by atoms with Crippen molar-refractivity contribution in [2.45, 2.75) is 6.92 Å². The van der Waals surface area contributed by atoms with E-state index in [4.69, 9.17) is 16.3 Å². The number of ether oxygens (including phenoxy) is 1. The van der Waals surface area contributed by atoms with E-state index in [1.54, 1.807) is 18.2 Å². The maximum Gasteiger partial charge on any atom is 0.260 e. The molecule has 0 saturated carbocycles. The second kappa shape index (κ2) is 4.59. The Bertz CT molecular complexity index is 634. The summed E-state index contributed by atoms with van der Waals surface area (Å²) in [6.45, 7) is 6.00. The second-order valence-electron chi connectivity index (χ2n) is 3.40. The van der Waals surface area contributed by atoms with Crippen LogP contribution in [0.1, 0.15) is 12.7 Å². The molecule has 0 unspecified atom stereocenters. The fourth-order valence-electron chi connectivity index (χ4n) is 1.52. The smallest absolute Gasteiger partial charge is 0.260 e. The van der Waals surface area contributed by atoms with Crippen molar-refractivity contribution in [2.24, 2.45) is 0 Å². The van der Waals surface area contributed by atoms with Crippen molar-refractivity contribution in [2.75, 3.05) is 6.61 Å². The highest BCUT2D eigenvalue weighted by Gasteiger charge is 2.09. The number of rotatable bonds is 3. The third-order valence-electron chi connectivity index (χ3n) is 2.27. The quantitative estimate of drug-likeness (QED) is 0.852. The average Bonchev–Trinajstić information content (AvgIpc) is 2.29. The highest BCUT2D eigenvalue weighted by Crippen LogP contribution is 2.19. The lowest BCUT2D eigenvalue weighted by atomic mass is 10.2. The number of hydrogen-bond donors (Lipinski definition) is 1. The Morgan fingerprint density at radius 3 is 3.06 bits per heavy atom. The van der Waals surface area contributed by atoms with E-state index in [0.717, 1.165) is 0 Å². The van der Waals surface area contributed by atoms with Crippen LogP contribution in [0.4, 0.5) is 0 Å². The summed E-state index contributed by atoms with van der Waals surface area (Å²) in [7, 11) is 0. The van der Waals surface area contributed by atoms with Crippen LogP contribution in [0.25, 0.3) is 16.7 Å². The number of benzene rings is 1. The highest BCUT2D eigenvalue weighted by molar-refractivity contribution is 6.35. The van der Waals surface area contributed by atoms with Crippen LogP contribution in [0.2, 0.25) is 5.02 Å². The minimum Gasteiger partial charge on any atom is -0.491 e. The molecule has 17 heavy (non-hydrogen) atoms. The lowest BCUT2D eigenvalue weighted by Crippen LogP contribution is -2.12. The van der Waals surface area contributed by atoms with Crippen LogP contribution < -0.4 is 5.56 Å². The molecule has 0 bridgehead atoms. The summed E-state index contributed by atoms with van der Waals surface area (Å²) in [5.41, 5.74) is 0.230. The molecule has 0 aliphatic heterocycles. The fraction of sp³-hybridized carbons (Fsp3) is 0.167. The molecule has 0 atom stereocenters. The lowest BCUT2D eigenvalue weighted by molar-refractivity contribution is 0.296. The number of halogens is 1. The fourth-order valence-corrected chi connectivity index (χ4v) is 1.78. The number of hydrogen-bond acceptors (Lipinski definition) is 3. The average molecular weight is 251 g/mol. The monoisotopic (exact) mass is 250 g/mol. The normalized spacial score (nSPS) is 10.5. The van der Waals surface area contributed by atoms with Gasteiger partial charge in [-0.2, -0.15) is 0 Å². The highest BCUT2D eigenvalue weighted by atomic mass is 35.5. The lowest BCUT2D eigenvalue weighted by Gasteiger charge is -2.07. The molecule has 0 aliphatic carbocycles. The van der Waals surface area contributed by atoms with Gasteiger partial charge >= 0.3 is 0 Å². The van der Waals surface area contributed by atoms with Crippen molar-refractivity contribution < 1.29 is 4.74 Å². The SMILES string of the molecule is C=C(OCC)c1nc2cccc(Cl)c2c(=O)[nH]1. The molecule has 1 aromatic heterocycles. The Balaban J connectivity index is 2.65. The molecule has 1 aromatic carbocycles. The van der Waals surface area contributed by atoms with E-state index >= 15 is 0 Å². The molecule has 0 saturated heterocycles. The minimum absolute atomic E-state index is 0.295. The van der Waals surface area contributed by atoms with E-state index in [0.29, 0.717) is 34.1 Å². The standard InChI is InChI=1S/C12H11ClN2O2/c1-3-17-7(2)11-14-9-6-4-5-8(13)10(9)12(16)15-11/h4-6H,2-3H2,1H3,(H,14,15,16). The van der Waals surface area contributed by atoms with Crippen LogP contribution in [0.15, 0.2) is 29.6 Å². The summed E-state index contributed by atoms with van der Waals surface area (Å²) in [6.07, 6.45) is 0. The zero-order valence-corrected chi connectivity index (χ0v) is 10.0. The Hall–Kier alpha value is -1.81. The van der Waals surface area contributed by atoms with E-state index in [9.17, 15) is 4.79 Å². The van der Waals surface area contributed by atoms with E-state index in [-0.39, 0.29) is 5.56 Å². The number of fused-ring (bicyclic) bond motifs is 1. The number of H-pyrrole nitrogens is 1. The van der Waals surface area contributed by atoms with Gasteiger partial charge in [-0.3, -0.25) is 4.79 Å². The van der Waals surface area contributed by atoms with Gasteiger partial charge in [-0.05, 0) is 19.1 Å². The Kier molecular flexibility index (Phi) is 3.15. The molecule has 88 valence electrons. The molecular weight excluding hydrogens is 240 g/mol. The summed E-state index contributed by atoms with van der Waals surface area (Å²) in [5.74, 6) is 0.665. The van der Waals surface area contributed by atoms with Gasteiger partial charge in [-0.15, -0.1) is 0 Å². The number of nitrogens with zero attached hydrogens (tertiary/aromatic N) is 1. The van der Waals surface area contributed by atoms with E-state index in [1.807, 2.05) is 6.92 Å². The summed E-state index contributed by atoms with van der Waals surface area (Å²) < 4.78 is 5.20. The molecule has 5 heteroatoms. The molecule has 2 rings (SSSR count). The molecule has 2 aromatic rings. The molecule has 4 nitrogen and oxygen atoms in total. The van der Waals surface area contributed by atoms with Gasteiger partial charge in [0.25, 0.3) is 5.56 Å². The Labute approximate surface area is 103 Å². The topological polar surface area (TPSA) is 55.0 Å². The molecule has 1 N–H and O–H groups in total. The summed E-state index contributed by atoms with van der Waals surface area (Å²) >= 11 is 5.94. The molecule has 1 heterocycles. The van der Waals surface area contributed by atoms with E-state index < -0.39 is 0 Å². The first-order chi connectivity index (χ1) is 8.13. The van der Waals surface area contributed by atoms with Crippen molar-refractivity contribution in [3.05, 3.63) is 46.0 Å². The minimum atomic E-state index is -0.295. The number of aromatic amines is 1. The predicted molar refractivity (Wildman–Crippen MR) is 68.0 cm³/mol. The van der Waals surface area contributed by atoms with Gasteiger partial charge in [0.1, 0.15) is 0 Å². The van der Waals surface area contributed by atoms with Crippen LogP contribution in [0.5, 0.6) is 0 Å². The van der Waals surface area contributed by atoms with Crippen LogP contribution >= 0.6 is 11.6 Å². The van der Waals surface area contributed by atoms with E-state index in [1.165, 1.54) is 0 Å². The Morgan fingerprint density at radius 2 is 2.35 bits per heavy atom. The zero-order chi connectivity index (χ0) is 12.4. The van der Waals surface area contributed by atoms with Gasteiger partial charge in [0.2, 0.25) is 0 Å². The summed E-state index contributed by atoms with van der Waals surface area (Å²) in [4.78, 5) is 18.7. The maximum absolute atomic E-state index is 11.9. The van der Waals surface area contributed by atoms with Crippen molar-refractivity contribution in [1.82, 2.24) is 9.97 Å². The van der Waals surface area contributed by atoms with Gasteiger partial charge in [-0.1, -0.05) is 24.2 Å². The largest absolute Gasteiger partial charge is 0.491 e. The summed E-state index contributed by atoms with van der Waals surface area (Å²) in [5, 5.41) is 0.757. The van der Waals surface area contributed by atoms with Gasteiger partial charge < -0.3 is 9.72 Å². The van der Waals surface area contributed by atoms with Gasteiger partial charge in [0.15, 0.2) is 11.6 Å². The van der Waals surface area contributed by atoms with Crippen molar-refractivity contribution in [3.8, 4) is 0 Å². The molecule has 0 amide bonds. The van der Waals surface area contributed by atoms with Crippen molar-refractivity contribution in [3.63, 3.8) is 0 Å². The van der Waals surface area contributed by atoms with E-state index in [2.05, 4.69) is 16.5 Å². The number of nitrogens with one attached hydrogen (secondary N) is 1.